The van der Waals surface area contributed by atoms with E-state index in [4.69, 9.17) is 4.42 Å². The second kappa shape index (κ2) is 3.71. The van der Waals surface area contributed by atoms with Crippen LogP contribution in [0.1, 0.15) is 0 Å². The van der Waals surface area contributed by atoms with Gasteiger partial charge in [0.1, 0.15) is 11.3 Å². The lowest BCUT2D eigenvalue weighted by atomic mass is 10.4. The van der Waals surface area contributed by atoms with Crippen LogP contribution < -0.4 is 10.2 Å². The Morgan fingerprint density at radius 1 is 1.38 bits per heavy atom. The molecule has 0 radical (unpaired) electrons. The van der Waals surface area contributed by atoms with Gasteiger partial charge in [0.25, 0.3) is 6.01 Å². The van der Waals surface area contributed by atoms with Crippen molar-refractivity contribution in [3.8, 4) is 0 Å². The summed E-state index contributed by atoms with van der Waals surface area (Å²) < 4.78 is 18.4. The zero-order valence-corrected chi connectivity index (χ0v) is 8.61. The number of nitrogens with one attached hydrogen (secondary N) is 1. The Kier molecular flexibility index (Phi) is 2.21. The van der Waals surface area contributed by atoms with E-state index in [-0.39, 0.29) is 0 Å². The number of hydrogen-bond donors (Lipinski definition) is 1. The summed E-state index contributed by atoms with van der Waals surface area (Å²) in [5.41, 5.74) is 0.850. The summed E-state index contributed by atoms with van der Waals surface area (Å²) >= 11 is 0. The molecule has 0 spiro atoms. The molecule has 0 atom stereocenters. The first kappa shape index (κ1) is 9.53. The molecule has 0 bridgehead atoms. The summed E-state index contributed by atoms with van der Waals surface area (Å²) in [6.45, 7) is 3.49. The van der Waals surface area contributed by atoms with Gasteiger partial charge in [-0.2, -0.15) is 4.98 Å². The van der Waals surface area contributed by atoms with E-state index in [2.05, 4.69) is 15.3 Å². The van der Waals surface area contributed by atoms with E-state index < -0.39 is 5.82 Å². The molecule has 1 saturated heterocycles. The van der Waals surface area contributed by atoms with E-state index in [9.17, 15) is 4.39 Å². The lowest BCUT2D eigenvalue weighted by Gasteiger charge is -2.25. The Labute approximate surface area is 91.3 Å². The minimum absolute atomic E-state index is 0.384. The molecule has 0 saturated carbocycles. The fraction of sp³-hybridized carbons (Fsp3) is 0.400. The first-order valence-electron chi connectivity index (χ1n) is 5.21. The van der Waals surface area contributed by atoms with Crippen LogP contribution >= 0.6 is 0 Å². The van der Waals surface area contributed by atoms with Crippen molar-refractivity contribution in [1.82, 2.24) is 15.3 Å². The summed E-state index contributed by atoms with van der Waals surface area (Å²) in [5, 5.41) is 3.24. The number of fused-ring (bicyclic) bond motifs is 1. The monoisotopic (exact) mass is 222 g/mol. The number of piperazine rings is 1. The van der Waals surface area contributed by atoms with E-state index in [1.807, 2.05) is 4.90 Å². The Hall–Kier alpha value is -1.69. The van der Waals surface area contributed by atoms with Crippen molar-refractivity contribution in [2.75, 3.05) is 31.1 Å². The molecule has 1 aliphatic heterocycles. The minimum atomic E-state index is -0.396. The van der Waals surface area contributed by atoms with Gasteiger partial charge in [-0.25, -0.2) is 9.37 Å². The van der Waals surface area contributed by atoms with Crippen LogP contribution in [0.2, 0.25) is 0 Å². The summed E-state index contributed by atoms with van der Waals surface area (Å²) in [4.78, 5) is 10.1. The zero-order valence-electron chi connectivity index (χ0n) is 8.61. The Balaban J connectivity index is 1.97. The highest BCUT2D eigenvalue weighted by Crippen LogP contribution is 2.20. The van der Waals surface area contributed by atoms with Gasteiger partial charge in [0, 0.05) is 32.2 Å². The minimum Gasteiger partial charge on any atom is -0.404 e. The molecule has 2 aromatic rings. The van der Waals surface area contributed by atoms with E-state index in [0.29, 0.717) is 17.2 Å². The number of aromatic nitrogens is 2. The maximum absolute atomic E-state index is 12.9. The lowest BCUT2D eigenvalue weighted by molar-refractivity contribution is 0.513. The first-order valence-corrected chi connectivity index (χ1v) is 5.21. The standard InChI is InChI=1S/C10H11FN4O/c11-7-5-8-9(13-6-7)16-10(14-8)15-3-1-12-2-4-15/h5-6,12H,1-4H2. The smallest absolute Gasteiger partial charge is 0.299 e. The van der Waals surface area contributed by atoms with Gasteiger partial charge in [-0.15, -0.1) is 0 Å². The van der Waals surface area contributed by atoms with Gasteiger partial charge in [-0.05, 0) is 0 Å². The molecule has 6 heteroatoms. The molecule has 3 heterocycles. The number of halogens is 1. The van der Waals surface area contributed by atoms with Crippen LogP contribution in [0, 0.1) is 5.82 Å². The molecule has 2 aromatic heterocycles. The number of hydrogen-bond acceptors (Lipinski definition) is 5. The number of oxazole rings is 1. The van der Waals surface area contributed by atoms with Gasteiger partial charge in [-0.3, -0.25) is 0 Å². The molecule has 0 aromatic carbocycles. The average molecular weight is 222 g/mol. The number of pyridine rings is 1. The molecule has 3 rings (SSSR count). The molecule has 0 amide bonds. The third kappa shape index (κ3) is 1.61. The van der Waals surface area contributed by atoms with Crippen LogP contribution in [0.4, 0.5) is 10.4 Å². The average Bonchev–Trinajstić information content (AvgIpc) is 2.73. The summed E-state index contributed by atoms with van der Waals surface area (Å²) in [6, 6.07) is 1.85. The van der Waals surface area contributed by atoms with Crippen molar-refractivity contribution in [2.24, 2.45) is 0 Å². The van der Waals surface area contributed by atoms with Crippen LogP contribution in [0.3, 0.4) is 0 Å². The zero-order chi connectivity index (χ0) is 11.0. The van der Waals surface area contributed by atoms with E-state index in [1.165, 1.54) is 6.07 Å². The SMILES string of the molecule is Fc1cnc2oc(N3CCNCC3)nc2c1. The molecule has 5 nitrogen and oxygen atoms in total. The molecule has 1 N–H and O–H groups in total. The highest BCUT2D eigenvalue weighted by molar-refractivity contribution is 5.70. The van der Waals surface area contributed by atoms with Gasteiger partial charge < -0.3 is 14.6 Å². The van der Waals surface area contributed by atoms with Crippen molar-refractivity contribution < 1.29 is 8.81 Å². The third-order valence-corrected chi connectivity index (χ3v) is 2.59. The Morgan fingerprint density at radius 2 is 2.19 bits per heavy atom. The van der Waals surface area contributed by atoms with Gasteiger partial charge in [0.05, 0.1) is 6.20 Å². The summed E-state index contributed by atoms with van der Waals surface area (Å²) in [7, 11) is 0. The molecule has 1 aliphatic rings. The summed E-state index contributed by atoms with van der Waals surface area (Å²) in [5.74, 6) is -0.396. The molecule has 16 heavy (non-hydrogen) atoms. The van der Waals surface area contributed by atoms with E-state index in [1.54, 1.807) is 0 Å². The Bertz CT molecular complexity index is 506. The highest BCUT2D eigenvalue weighted by atomic mass is 19.1. The summed E-state index contributed by atoms with van der Waals surface area (Å²) in [6.07, 6.45) is 1.13. The van der Waals surface area contributed by atoms with Crippen LogP contribution in [0.15, 0.2) is 16.7 Å². The van der Waals surface area contributed by atoms with E-state index >= 15 is 0 Å². The third-order valence-electron chi connectivity index (χ3n) is 2.59. The second-order valence-electron chi connectivity index (χ2n) is 3.71. The van der Waals surface area contributed by atoms with Crippen molar-refractivity contribution >= 4 is 17.2 Å². The lowest BCUT2D eigenvalue weighted by Crippen LogP contribution is -2.43. The molecule has 0 unspecified atom stereocenters. The molecular formula is C10H11FN4O. The number of nitrogens with zero attached hydrogens (tertiary/aromatic N) is 3. The first-order chi connectivity index (χ1) is 7.83. The largest absolute Gasteiger partial charge is 0.404 e. The van der Waals surface area contributed by atoms with Crippen LogP contribution in [-0.2, 0) is 0 Å². The maximum Gasteiger partial charge on any atom is 0.299 e. The van der Waals surface area contributed by atoms with Crippen LogP contribution in [-0.4, -0.2) is 36.1 Å². The van der Waals surface area contributed by atoms with Crippen LogP contribution in [0.25, 0.3) is 11.2 Å². The quantitative estimate of drug-likeness (QED) is 0.772. The van der Waals surface area contributed by atoms with E-state index in [0.717, 1.165) is 32.4 Å². The molecule has 0 aliphatic carbocycles. The van der Waals surface area contributed by atoms with Gasteiger partial charge in [-0.1, -0.05) is 0 Å². The van der Waals surface area contributed by atoms with Gasteiger partial charge in [0.15, 0.2) is 0 Å². The second-order valence-corrected chi connectivity index (χ2v) is 3.71. The molecule has 84 valence electrons. The predicted molar refractivity (Wildman–Crippen MR) is 56.8 cm³/mol. The van der Waals surface area contributed by atoms with Crippen molar-refractivity contribution in [3.63, 3.8) is 0 Å². The fourth-order valence-electron chi connectivity index (χ4n) is 1.78. The number of rotatable bonds is 1. The Morgan fingerprint density at radius 3 is 3.00 bits per heavy atom. The van der Waals surface area contributed by atoms with Crippen molar-refractivity contribution in [2.45, 2.75) is 0 Å². The topological polar surface area (TPSA) is 54.2 Å². The van der Waals surface area contributed by atoms with Crippen LogP contribution in [0.5, 0.6) is 0 Å². The van der Waals surface area contributed by atoms with Crippen molar-refractivity contribution in [3.05, 3.63) is 18.1 Å². The molecular weight excluding hydrogens is 211 g/mol. The highest BCUT2D eigenvalue weighted by Gasteiger charge is 2.16. The fourth-order valence-corrected chi connectivity index (χ4v) is 1.78. The maximum atomic E-state index is 12.9. The van der Waals surface area contributed by atoms with Gasteiger partial charge >= 0.3 is 0 Å². The van der Waals surface area contributed by atoms with Crippen molar-refractivity contribution in [1.29, 1.82) is 0 Å². The number of anilines is 1. The normalized spacial score (nSPS) is 16.9. The van der Waals surface area contributed by atoms with Gasteiger partial charge in [0.2, 0.25) is 5.71 Å². The molecule has 1 fully saturated rings. The predicted octanol–water partition coefficient (Wildman–Crippen LogP) is 0.771.